The molecule has 5 nitrogen and oxygen atoms in total. The Bertz CT molecular complexity index is 965. The molecule has 29 heavy (non-hydrogen) atoms. The SMILES string of the molecule is Nc1cc(Cc2ccccc2)ccc1Nc1ccc(C(=O)N2CCOCC2)cc1. The van der Waals surface area contributed by atoms with Crippen LogP contribution < -0.4 is 11.1 Å². The van der Waals surface area contributed by atoms with Crippen LogP contribution in [0.5, 0.6) is 0 Å². The first-order valence-electron chi connectivity index (χ1n) is 9.85. The van der Waals surface area contributed by atoms with Crippen molar-refractivity contribution < 1.29 is 9.53 Å². The molecule has 3 aromatic carbocycles. The zero-order valence-corrected chi connectivity index (χ0v) is 16.3. The Balaban J connectivity index is 1.41. The molecule has 0 unspecified atom stereocenters. The Labute approximate surface area is 171 Å². The number of rotatable bonds is 5. The van der Waals surface area contributed by atoms with Crippen LogP contribution in [0.15, 0.2) is 72.8 Å². The van der Waals surface area contributed by atoms with Crippen LogP contribution in [-0.4, -0.2) is 37.1 Å². The molecule has 0 spiro atoms. The molecule has 148 valence electrons. The minimum Gasteiger partial charge on any atom is -0.397 e. The summed E-state index contributed by atoms with van der Waals surface area (Å²) in [5.74, 6) is 0.0460. The zero-order chi connectivity index (χ0) is 20.1. The first-order valence-corrected chi connectivity index (χ1v) is 9.85. The fraction of sp³-hybridized carbons (Fsp3) is 0.208. The van der Waals surface area contributed by atoms with Gasteiger partial charge in [0.25, 0.3) is 5.91 Å². The fourth-order valence-electron chi connectivity index (χ4n) is 3.47. The topological polar surface area (TPSA) is 67.6 Å². The summed E-state index contributed by atoms with van der Waals surface area (Å²) in [7, 11) is 0. The lowest BCUT2D eigenvalue weighted by Crippen LogP contribution is -2.40. The molecule has 0 aliphatic carbocycles. The maximum atomic E-state index is 12.5. The number of nitrogen functional groups attached to an aromatic ring is 1. The van der Waals surface area contributed by atoms with Crippen molar-refractivity contribution in [1.82, 2.24) is 4.90 Å². The Morgan fingerprint density at radius 1 is 0.931 bits per heavy atom. The van der Waals surface area contributed by atoms with Crippen molar-refractivity contribution in [2.45, 2.75) is 6.42 Å². The zero-order valence-electron chi connectivity index (χ0n) is 16.3. The van der Waals surface area contributed by atoms with E-state index in [-0.39, 0.29) is 5.91 Å². The van der Waals surface area contributed by atoms with Crippen LogP contribution in [-0.2, 0) is 11.2 Å². The van der Waals surface area contributed by atoms with Gasteiger partial charge in [0.15, 0.2) is 0 Å². The Morgan fingerprint density at radius 2 is 1.66 bits per heavy atom. The molecule has 3 aromatic rings. The van der Waals surface area contributed by atoms with Crippen LogP contribution in [0.4, 0.5) is 17.1 Å². The smallest absolute Gasteiger partial charge is 0.254 e. The Kier molecular flexibility index (Phi) is 5.77. The number of benzene rings is 3. The van der Waals surface area contributed by atoms with Gasteiger partial charge in [-0.15, -0.1) is 0 Å². The van der Waals surface area contributed by atoms with Gasteiger partial charge in [0.2, 0.25) is 0 Å². The van der Waals surface area contributed by atoms with Gasteiger partial charge in [-0.25, -0.2) is 0 Å². The molecule has 1 fully saturated rings. The Morgan fingerprint density at radius 3 is 2.34 bits per heavy atom. The van der Waals surface area contributed by atoms with Crippen molar-refractivity contribution in [2.24, 2.45) is 0 Å². The minimum atomic E-state index is 0.0460. The van der Waals surface area contributed by atoms with Crippen molar-refractivity contribution in [3.63, 3.8) is 0 Å². The largest absolute Gasteiger partial charge is 0.397 e. The van der Waals surface area contributed by atoms with Crippen LogP contribution in [0.2, 0.25) is 0 Å². The predicted octanol–water partition coefficient (Wildman–Crippen LogP) is 4.08. The summed E-state index contributed by atoms with van der Waals surface area (Å²) in [6.07, 6.45) is 0.851. The van der Waals surface area contributed by atoms with E-state index in [1.165, 1.54) is 11.1 Å². The van der Waals surface area contributed by atoms with Crippen molar-refractivity contribution in [2.75, 3.05) is 37.4 Å². The van der Waals surface area contributed by atoms with Gasteiger partial charge in [-0.05, 0) is 53.9 Å². The minimum absolute atomic E-state index is 0.0460. The molecule has 3 N–H and O–H groups in total. The standard InChI is InChI=1S/C24H25N3O2/c25-22-17-19(16-18-4-2-1-3-5-18)6-11-23(22)26-21-9-7-20(8-10-21)24(28)27-12-14-29-15-13-27/h1-11,17,26H,12-16,25H2. The average Bonchev–Trinajstić information content (AvgIpc) is 2.77. The second-order valence-corrected chi connectivity index (χ2v) is 7.19. The van der Waals surface area contributed by atoms with Crippen molar-refractivity contribution in [3.05, 3.63) is 89.5 Å². The third-order valence-electron chi connectivity index (χ3n) is 5.08. The molecule has 1 aliphatic heterocycles. The van der Waals surface area contributed by atoms with E-state index in [2.05, 4.69) is 23.5 Å². The van der Waals surface area contributed by atoms with Crippen LogP contribution in [0.25, 0.3) is 0 Å². The molecular formula is C24H25N3O2. The van der Waals surface area contributed by atoms with Crippen molar-refractivity contribution >= 4 is 23.0 Å². The highest BCUT2D eigenvalue weighted by Crippen LogP contribution is 2.25. The number of nitrogens with zero attached hydrogens (tertiary/aromatic N) is 1. The highest BCUT2D eigenvalue weighted by Gasteiger charge is 2.18. The van der Waals surface area contributed by atoms with E-state index in [1.807, 2.05) is 59.5 Å². The molecule has 1 heterocycles. The summed E-state index contributed by atoms with van der Waals surface area (Å²) in [6, 6.07) is 23.9. The van der Waals surface area contributed by atoms with E-state index in [0.717, 1.165) is 17.8 Å². The maximum absolute atomic E-state index is 12.5. The molecule has 0 saturated carbocycles. The van der Waals surface area contributed by atoms with Gasteiger partial charge in [0.1, 0.15) is 0 Å². The lowest BCUT2D eigenvalue weighted by molar-refractivity contribution is 0.0303. The lowest BCUT2D eigenvalue weighted by Gasteiger charge is -2.26. The van der Waals surface area contributed by atoms with E-state index in [1.54, 1.807) is 0 Å². The van der Waals surface area contributed by atoms with Gasteiger partial charge in [0.05, 0.1) is 24.6 Å². The van der Waals surface area contributed by atoms with Crippen LogP contribution in [0.3, 0.4) is 0 Å². The average molecular weight is 387 g/mol. The fourth-order valence-corrected chi connectivity index (χ4v) is 3.47. The van der Waals surface area contributed by atoms with Crippen LogP contribution in [0.1, 0.15) is 21.5 Å². The second kappa shape index (κ2) is 8.80. The predicted molar refractivity (Wildman–Crippen MR) is 117 cm³/mol. The molecule has 0 radical (unpaired) electrons. The molecule has 0 aromatic heterocycles. The molecule has 0 atom stereocenters. The maximum Gasteiger partial charge on any atom is 0.254 e. The Hall–Kier alpha value is -3.31. The van der Waals surface area contributed by atoms with Gasteiger partial charge in [-0.2, -0.15) is 0 Å². The summed E-state index contributed by atoms with van der Waals surface area (Å²) < 4.78 is 5.31. The van der Waals surface area contributed by atoms with Crippen LogP contribution >= 0.6 is 0 Å². The third-order valence-corrected chi connectivity index (χ3v) is 5.08. The number of nitrogens with two attached hydrogens (primary N) is 1. The van der Waals surface area contributed by atoms with Crippen molar-refractivity contribution in [1.29, 1.82) is 0 Å². The van der Waals surface area contributed by atoms with Gasteiger partial charge in [-0.1, -0.05) is 36.4 Å². The first-order chi connectivity index (χ1) is 14.2. The van der Waals surface area contributed by atoms with Gasteiger partial charge in [0, 0.05) is 24.3 Å². The lowest BCUT2D eigenvalue weighted by atomic mass is 10.0. The molecule has 1 aliphatic rings. The molecular weight excluding hydrogens is 362 g/mol. The van der Waals surface area contributed by atoms with E-state index < -0.39 is 0 Å². The number of hydrogen-bond acceptors (Lipinski definition) is 4. The van der Waals surface area contributed by atoms with E-state index in [9.17, 15) is 4.79 Å². The molecule has 1 amide bonds. The number of carbonyl (C=O) groups excluding carboxylic acids is 1. The van der Waals surface area contributed by atoms with Gasteiger partial charge < -0.3 is 20.7 Å². The summed E-state index contributed by atoms with van der Waals surface area (Å²) in [5.41, 5.74) is 11.8. The van der Waals surface area contributed by atoms with Crippen LogP contribution in [0, 0.1) is 0 Å². The third kappa shape index (κ3) is 4.76. The number of amides is 1. The number of ether oxygens (including phenoxy) is 1. The summed E-state index contributed by atoms with van der Waals surface area (Å²) in [6.45, 7) is 2.49. The normalized spacial score (nSPS) is 13.9. The summed E-state index contributed by atoms with van der Waals surface area (Å²) >= 11 is 0. The second-order valence-electron chi connectivity index (χ2n) is 7.19. The van der Waals surface area contributed by atoms with Gasteiger partial charge >= 0.3 is 0 Å². The number of morpholine rings is 1. The quantitative estimate of drug-likeness (QED) is 0.648. The molecule has 5 heteroatoms. The van der Waals surface area contributed by atoms with Gasteiger partial charge in [-0.3, -0.25) is 4.79 Å². The number of hydrogen-bond donors (Lipinski definition) is 2. The molecule has 1 saturated heterocycles. The monoisotopic (exact) mass is 387 g/mol. The number of carbonyl (C=O) groups is 1. The summed E-state index contributed by atoms with van der Waals surface area (Å²) in [4.78, 5) is 14.4. The van der Waals surface area contributed by atoms with E-state index >= 15 is 0 Å². The van der Waals surface area contributed by atoms with E-state index in [0.29, 0.717) is 37.6 Å². The van der Waals surface area contributed by atoms with Crippen molar-refractivity contribution in [3.8, 4) is 0 Å². The molecule has 4 rings (SSSR count). The number of anilines is 3. The highest BCUT2D eigenvalue weighted by molar-refractivity contribution is 5.94. The van der Waals surface area contributed by atoms with E-state index in [4.69, 9.17) is 10.5 Å². The summed E-state index contributed by atoms with van der Waals surface area (Å²) in [5, 5.41) is 3.34. The first kappa shape index (κ1) is 19.0. The highest BCUT2D eigenvalue weighted by atomic mass is 16.5. The molecule has 0 bridgehead atoms. The number of nitrogens with one attached hydrogen (secondary N) is 1.